The first-order chi connectivity index (χ1) is 9.11. The Kier molecular flexibility index (Phi) is 3.71. The summed E-state index contributed by atoms with van der Waals surface area (Å²) in [6.45, 7) is 5.91. The standard InChI is InChI=1S/C16H23BrN2/c1-12-9-16(11-19(12)2)6-7-18-10-15(16)13-4-3-5-14(17)8-13/h3-5,8,12,15,18H,6-7,9-11H2,1-2H3. The van der Waals surface area contributed by atoms with E-state index in [2.05, 4.69) is 64.4 Å². The van der Waals surface area contributed by atoms with Gasteiger partial charge in [0, 0.05) is 29.5 Å². The molecule has 2 aliphatic heterocycles. The fourth-order valence-electron chi connectivity index (χ4n) is 4.06. The van der Waals surface area contributed by atoms with Crippen LogP contribution in [0.2, 0.25) is 0 Å². The van der Waals surface area contributed by atoms with Crippen molar-refractivity contribution < 1.29 is 0 Å². The van der Waals surface area contributed by atoms with Gasteiger partial charge in [-0.3, -0.25) is 0 Å². The molecule has 2 fully saturated rings. The number of hydrogen-bond acceptors (Lipinski definition) is 2. The second kappa shape index (κ2) is 5.19. The predicted octanol–water partition coefficient (Wildman–Crippen LogP) is 3.24. The fraction of sp³-hybridized carbons (Fsp3) is 0.625. The molecular formula is C16H23BrN2. The van der Waals surface area contributed by atoms with Crippen LogP contribution >= 0.6 is 15.9 Å². The minimum Gasteiger partial charge on any atom is -0.316 e. The summed E-state index contributed by atoms with van der Waals surface area (Å²) in [5.74, 6) is 0.645. The quantitative estimate of drug-likeness (QED) is 0.854. The SMILES string of the molecule is CC1CC2(CCNCC2c2cccc(Br)c2)CN1C. The molecule has 2 heterocycles. The van der Waals surface area contributed by atoms with Gasteiger partial charge in [-0.05, 0) is 56.5 Å². The van der Waals surface area contributed by atoms with Crippen molar-refractivity contribution in [2.45, 2.75) is 31.7 Å². The van der Waals surface area contributed by atoms with Crippen LogP contribution in [0.5, 0.6) is 0 Å². The molecule has 0 aliphatic carbocycles. The second-order valence-corrected chi connectivity index (χ2v) is 7.31. The van der Waals surface area contributed by atoms with Crippen LogP contribution in [-0.4, -0.2) is 37.6 Å². The Morgan fingerprint density at radius 1 is 1.42 bits per heavy atom. The van der Waals surface area contributed by atoms with E-state index in [1.54, 1.807) is 0 Å². The van der Waals surface area contributed by atoms with Gasteiger partial charge in [-0.1, -0.05) is 28.1 Å². The summed E-state index contributed by atoms with van der Waals surface area (Å²) in [6, 6.07) is 9.61. The Morgan fingerprint density at radius 2 is 2.26 bits per heavy atom. The Balaban J connectivity index is 1.94. The summed E-state index contributed by atoms with van der Waals surface area (Å²) >= 11 is 3.62. The fourth-order valence-corrected chi connectivity index (χ4v) is 4.48. The van der Waals surface area contributed by atoms with E-state index in [-0.39, 0.29) is 0 Å². The molecule has 19 heavy (non-hydrogen) atoms. The van der Waals surface area contributed by atoms with Crippen molar-refractivity contribution in [1.82, 2.24) is 10.2 Å². The van der Waals surface area contributed by atoms with Gasteiger partial charge in [0.05, 0.1) is 0 Å². The molecule has 0 bridgehead atoms. The van der Waals surface area contributed by atoms with Crippen molar-refractivity contribution in [1.29, 1.82) is 0 Å². The maximum atomic E-state index is 3.62. The van der Waals surface area contributed by atoms with Gasteiger partial charge in [-0.25, -0.2) is 0 Å². The third-order valence-corrected chi connectivity index (χ3v) is 5.65. The van der Waals surface area contributed by atoms with Gasteiger partial charge < -0.3 is 10.2 Å². The summed E-state index contributed by atoms with van der Waals surface area (Å²) < 4.78 is 1.20. The molecule has 2 nitrogen and oxygen atoms in total. The number of halogens is 1. The normalized spacial score (nSPS) is 35.9. The van der Waals surface area contributed by atoms with E-state index in [0.29, 0.717) is 17.4 Å². The summed E-state index contributed by atoms with van der Waals surface area (Å²) in [5.41, 5.74) is 1.96. The van der Waals surface area contributed by atoms with Gasteiger partial charge in [0.2, 0.25) is 0 Å². The molecule has 0 amide bonds. The monoisotopic (exact) mass is 322 g/mol. The Morgan fingerprint density at radius 3 is 2.95 bits per heavy atom. The number of benzene rings is 1. The topological polar surface area (TPSA) is 15.3 Å². The summed E-state index contributed by atoms with van der Waals surface area (Å²) in [5, 5.41) is 3.60. The Labute approximate surface area is 124 Å². The number of nitrogens with zero attached hydrogens (tertiary/aromatic N) is 1. The van der Waals surface area contributed by atoms with E-state index in [1.807, 2.05) is 0 Å². The minimum atomic E-state index is 0.472. The average molecular weight is 323 g/mol. The van der Waals surface area contributed by atoms with E-state index in [4.69, 9.17) is 0 Å². The van der Waals surface area contributed by atoms with Gasteiger partial charge >= 0.3 is 0 Å². The molecule has 0 aromatic heterocycles. The summed E-state index contributed by atoms with van der Waals surface area (Å²) in [6.07, 6.45) is 2.64. The summed E-state index contributed by atoms with van der Waals surface area (Å²) in [4.78, 5) is 2.54. The highest BCUT2D eigenvalue weighted by atomic mass is 79.9. The molecule has 3 unspecified atom stereocenters. The van der Waals surface area contributed by atoms with Crippen LogP contribution in [0.25, 0.3) is 0 Å². The van der Waals surface area contributed by atoms with Crippen LogP contribution in [-0.2, 0) is 0 Å². The van der Waals surface area contributed by atoms with Gasteiger partial charge in [0.1, 0.15) is 0 Å². The largest absolute Gasteiger partial charge is 0.316 e. The van der Waals surface area contributed by atoms with E-state index >= 15 is 0 Å². The Bertz CT molecular complexity index is 450. The zero-order chi connectivity index (χ0) is 13.5. The predicted molar refractivity (Wildman–Crippen MR) is 83.5 cm³/mol. The molecule has 3 rings (SSSR count). The molecule has 104 valence electrons. The lowest BCUT2D eigenvalue weighted by atomic mass is 9.67. The number of rotatable bonds is 1. The van der Waals surface area contributed by atoms with E-state index < -0.39 is 0 Å². The first-order valence-electron chi connectivity index (χ1n) is 7.27. The van der Waals surface area contributed by atoms with Crippen LogP contribution in [0.3, 0.4) is 0 Å². The maximum absolute atomic E-state index is 3.62. The van der Waals surface area contributed by atoms with Crippen LogP contribution < -0.4 is 5.32 Å². The smallest absolute Gasteiger partial charge is 0.0178 e. The van der Waals surface area contributed by atoms with Crippen LogP contribution in [0, 0.1) is 5.41 Å². The number of nitrogens with one attached hydrogen (secondary N) is 1. The second-order valence-electron chi connectivity index (χ2n) is 6.39. The summed E-state index contributed by atoms with van der Waals surface area (Å²) in [7, 11) is 2.28. The molecule has 1 aromatic carbocycles. The number of likely N-dealkylation sites (tertiary alicyclic amines) is 1. The lowest BCUT2D eigenvalue weighted by Gasteiger charge is -2.42. The van der Waals surface area contributed by atoms with Crippen LogP contribution in [0.15, 0.2) is 28.7 Å². The third kappa shape index (κ3) is 2.48. The first kappa shape index (κ1) is 13.6. The molecule has 2 saturated heterocycles. The molecule has 3 heteroatoms. The Hall–Kier alpha value is -0.380. The number of piperidine rings is 1. The highest BCUT2D eigenvalue weighted by Gasteiger charge is 2.47. The van der Waals surface area contributed by atoms with E-state index in [1.165, 1.54) is 36.0 Å². The zero-order valence-electron chi connectivity index (χ0n) is 11.8. The van der Waals surface area contributed by atoms with Gasteiger partial charge in [0.15, 0.2) is 0 Å². The molecule has 0 radical (unpaired) electrons. The van der Waals surface area contributed by atoms with Crippen molar-refractivity contribution in [3.63, 3.8) is 0 Å². The first-order valence-corrected chi connectivity index (χ1v) is 8.06. The van der Waals surface area contributed by atoms with Gasteiger partial charge in [-0.2, -0.15) is 0 Å². The van der Waals surface area contributed by atoms with Gasteiger partial charge in [0.25, 0.3) is 0 Å². The average Bonchev–Trinajstić information content (AvgIpc) is 2.65. The zero-order valence-corrected chi connectivity index (χ0v) is 13.4. The van der Waals surface area contributed by atoms with Crippen molar-refractivity contribution >= 4 is 15.9 Å². The highest BCUT2D eigenvalue weighted by molar-refractivity contribution is 9.10. The molecule has 0 saturated carbocycles. The maximum Gasteiger partial charge on any atom is 0.0178 e. The lowest BCUT2D eigenvalue weighted by Crippen LogP contribution is -2.45. The minimum absolute atomic E-state index is 0.472. The highest BCUT2D eigenvalue weighted by Crippen LogP contribution is 2.49. The molecular weight excluding hydrogens is 300 g/mol. The van der Waals surface area contributed by atoms with E-state index in [0.717, 1.165) is 6.54 Å². The third-order valence-electron chi connectivity index (χ3n) is 5.16. The van der Waals surface area contributed by atoms with Crippen LogP contribution in [0.1, 0.15) is 31.2 Å². The molecule has 3 atom stereocenters. The molecule has 2 aliphatic rings. The molecule has 1 N–H and O–H groups in total. The van der Waals surface area contributed by atoms with Crippen LogP contribution in [0.4, 0.5) is 0 Å². The molecule has 1 spiro atoms. The van der Waals surface area contributed by atoms with Crippen molar-refractivity contribution in [2.24, 2.45) is 5.41 Å². The number of hydrogen-bond donors (Lipinski definition) is 1. The van der Waals surface area contributed by atoms with Crippen molar-refractivity contribution in [2.75, 3.05) is 26.7 Å². The lowest BCUT2D eigenvalue weighted by molar-refractivity contribution is 0.170. The van der Waals surface area contributed by atoms with E-state index in [9.17, 15) is 0 Å². The van der Waals surface area contributed by atoms with Gasteiger partial charge in [-0.15, -0.1) is 0 Å². The molecule has 1 aromatic rings. The van der Waals surface area contributed by atoms with Crippen molar-refractivity contribution in [3.8, 4) is 0 Å². The van der Waals surface area contributed by atoms with Crippen molar-refractivity contribution in [3.05, 3.63) is 34.3 Å².